The van der Waals surface area contributed by atoms with Gasteiger partial charge < -0.3 is 10.1 Å². The highest BCUT2D eigenvalue weighted by Gasteiger charge is 2.30. The molecule has 0 fully saturated rings. The maximum Gasteiger partial charge on any atom is 0.302 e. The van der Waals surface area contributed by atoms with Gasteiger partial charge in [-0.3, -0.25) is 9.48 Å². The van der Waals surface area contributed by atoms with Crippen LogP contribution in [0.5, 0.6) is 0 Å². The molecule has 0 aliphatic heterocycles. The van der Waals surface area contributed by atoms with Gasteiger partial charge in [-0.15, -0.1) is 0 Å². The number of methoxy groups -OCH3 is 1. The molecule has 0 saturated heterocycles. The SMILES string of the molecule is CO/C(CNC(=O)c1cc(C(F)(F)P)nn1C)=N\C(=C(C)C)c1cccc(C)c1. The van der Waals surface area contributed by atoms with Crippen LogP contribution in [0.15, 0.2) is 40.9 Å². The molecule has 1 aromatic heterocycles. The van der Waals surface area contributed by atoms with Crippen molar-refractivity contribution in [3.63, 3.8) is 0 Å². The Balaban J connectivity index is 2.20. The fraction of sp³-hybridized carbons (Fsp3) is 0.350. The van der Waals surface area contributed by atoms with Gasteiger partial charge in [-0.25, -0.2) is 4.99 Å². The molecule has 2 rings (SSSR count). The van der Waals surface area contributed by atoms with Gasteiger partial charge in [0.25, 0.3) is 5.91 Å². The van der Waals surface area contributed by atoms with Crippen LogP contribution in [0.25, 0.3) is 5.70 Å². The Hall–Kier alpha value is -2.60. The summed E-state index contributed by atoms with van der Waals surface area (Å²) in [7, 11) is 4.29. The number of allylic oxidation sites excluding steroid dienone is 1. The molecule has 1 aromatic carbocycles. The molecule has 1 amide bonds. The number of hydrogen-bond donors (Lipinski definition) is 1. The van der Waals surface area contributed by atoms with Crippen LogP contribution >= 0.6 is 9.24 Å². The molecule has 1 heterocycles. The number of hydrogen-bond acceptors (Lipinski definition) is 4. The normalized spacial score (nSPS) is 11.9. The third-order valence-electron chi connectivity index (χ3n) is 4.09. The van der Waals surface area contributed by atoms with Crippen molar-refractivity contribution >= 4 is 26.7 Å². The molecule has 1 atom stereocenters. The molecule has 156 valence electrons. The Morgan fingerprint density at radius 2 is 2.03 bits per heavy atom. The highest BCUT2D eigenvalue weighted by molar-refractivity contribution is 7.17. The topological polar surface area (TPSA) is 68.5 Å². The number of rotatable bonds is 6. The zero-order valence-electron chi connectivity index (χ0n) is 17.1. The smallest absolute Gasteiger partial charge is 0.302 e. The van der Waals surface area contributed by atoms with Crippen molar-refractivity contribution in [2.75, 3.05) is 13.7 Å². The number of amides is 1. The van der Waals surface area contributed by atoms with Gasteiger partial charge in [0.15, 0.2) is 0 Å². The number of carbonyl (C=O) groups excluding carboxylic acids is 1. The zero-order valence-corrected chi connectivity index (χ0v) is 18.2. The van der Waals surface area contributed by atoms with E-state index in [-0.39, 0.29) is 18.1 Å². The minimum Gasteiger partial charge on any atom is -0.483 e. The number of halogens is 2. The average Bonchev–Trinajstić information content (AvgIpc) is 3.03. The molecule has 9 heteroatoms. The first-order valence-corrected chi connectivity index (χ1v) is 9.46. The van der Waals surface area contributed by atoms with E-state index in [0.29, 0.717) is 0 Å². The van der Waals surface area contributed by atoms with Gasteiger partial charge in [0.2, 0.25) is 5.90 Å². The molecule has 0 aliphatic rings. The predicted molar refractivity (Wildman–Crippen MR) is 113 cm³/mol. The largest absolute Gasteiger partial charge is 0.483 e. The van der Waals surface area contributed by atoms with E-state index in [2.05, 4.69) is 15.4 Å². The first kappa shape index (κ1) is 22.7. The van der Waals surface area contributed by atoms with Crippen molar-refractivity contribution in [1.82, 2.24) is 15.1 Å². The van der Waals surface area contributed by atoms with E-state index in [9.17, 15) is 13.6 Å². The van der Waals surface area contributed by atoms with Crippen molar-refractivity contribution < 1.29 is 18.3 Å². The Labute approximate surface area is 171 Å². The lowest BCUT2D eigenvalue weighted by atomic mass is 10.1. The highest BCUT2D eigenvalue weighted by Crippen LogP contribution is 2.33. The Morgan fingerprint density at radius 3 is 2.55 bits per heavy atom. The number of nitrogens with zero attached hydrogens (tertiary/aromatic N) is 3. The van der Waals surface area contributed by atoms with E-state index in [0.717, 1.165) is 33.1 Å². The minimum absolute atomic E-state index is 0.00426. The number of aryl methyl sites for hydroxylation is 2. The van der Waals surface area contributed by atoms with Gasteiger partial charge in [-0.05, 0) is 38.5 Å². The van der Waals surface area contributed by atoms with Crippen LogP contribution < -0.4 is 5.32 Å². The summed E-state index contributed by atoms with van der Waals surface area (Å²) in [4.78, 5) is 17.0. The monoisotopic (exact) mass is 422 g/mol. The molecule has 0 radical (unpaired) electrons. The first-order valence-electron chi connectivity index (χ1n) is 8.88. The Bertz CT molecular complexity index is 958. The molecule has 1 N–H and O–H groups in total. The van der Waals surface area contributed by atoms with Crippen molar-refractivity contribution in [1.29, 1.82) is 0 Å². The predicted octanol–water partition coefficient (Wildman–Crippen LogP) is 3.88. The lowest BCUT2D eigenvalue weighted by molar-refractivity contribution is 0.0947. The number of aromatic nitrogens is 2. The molecule has 29 heavy (non-hydrogen) atoms. The van der Waals surface area contributed by atoms with Crippen LogP contribution in [0, 0.1) is 6.92 Å². The fourth-order valence-electron chi connectivity index (χ4n) is 2.63. The van der Waals surface area contributed by atoms with Crippen LogP contribution in [0.1, 0.15) is 41.2 Å². The van der Waals surface area contributed by atoms with Gasteiger partial charge in [0, 0.05) is 12.6 Å². The van der Waals surface area contributed by atoms with Crippen LogP contribution in [-0.4, -0.2) is 35.2 Å². The second-order valence-electron chi connectivity index (χ2n) is 6.77. The molecular weight excluding hydrogens is 397 g/mol. The second kappa shape index (κ2) is 9.27. The number of ether oxygens (including phenoxy) is 1. The van der Waals surface area contributed by atoms with E-state index < -0.39 is 17.3 Å². The summed E-state index contributed by atoms with van der Waals surface area (Å²) in [6, 6.07) is 8.95. The van der Waals surface area contributed by atoms with Crippen LogP contribution in [0.4, 0.5) is 8.78 Å². The third-order valence-corrected chi connectivity index (χ3v) is 4.39. The molecule has 0 aliphatic carbocycles. The zero-order chi connectivity index (χ0) is 21.8. The summed E-state index contributed by atoms with van der Waals surface area (Å²) in [6.45, 7) is 5.86. The number of nitrogens with one attached hydrogen (secondary N) is 1. The van der Waals surface area contributed by atoms with E-state index in [1.165, 1.54) is 23.4 Å². The Kier molecular flexibility index (Phi) is 7.25. The molecule has 2 aromatic rings. The van der Waals surface area contributed by atoms with E-state index in [4.69, 9.17) is 4.74 Å². The van der Waals surface area contributed by atoms with Gasteiger partial charge in [-0.2, -0.15) is 13.9 Å². The number of carbonyl (C=O) groups is 1. The quantitative estimate of drug-likeness (QED) is 0.437. The standard InChI is InChI=1S/C20H25F2N4O2P/c1-12(2)18(14-8-6-7-13(3)9-14)24-17(28-5)11-23-19(27)15-10-16(20(21,22)29)25-26(15)4/h6-10H,11,29H2,1-5H3,(H,23,27)/b24-17-. The lowest BCUT2D eigenvalue weighted by Crippen LogP contribution is -2.31. The molecule has 0 saturated carbocycles. The molecule has 6 nitrogen and oxygen atoms in total. The van der Waals surface area contributed by atoms with Gasteiger partial charge in [0.1, 0.15) is 11.4 Å². The Morgan fingerprint density at radius 1 is 1.34 bits per heavy atom. The molecular formula is C20H25F2N4O2P. The van der Waals surface area contributed by atoms with Crippen molar-refractivity contribution in [2.24, 2.45) is 12.0 Å². The lowest BCUT2D eigenvalue weighted by Gasteiger charge is -2.11. The number of aliphatic imine (C=N–C) groups is 1. The van der Waals surface area contributed by atoms with Crippen molar-refractivity contribution in [3.05, 3.63) is 58.4 Å². The maximum absolute atomic E-state index is 13.4. The summed E-state index contributed by atoms with van der Waals surface area (Å²) < 4.78 is 33.2. The second-order valence-corrected chi connectivity index (χ2v) is 7.50. The number of alkyl halides is 2. The van der Waals surface area contributed by atoms with Gasteiger partial charge in [0.05, 0.1) is 19.4 Å². The van der Waals surface area contributed by atoms with Crippen molar-refractivity contribution in [2.45, 2.75) is 26.4 Å². The highest BCUT2D eigenvalue weighted by atomic mass is 31.0. The van der Waals surface area contributed by atoms with E-state index >= 15 is 0 Å². The van der Waals surface area contributed by atoms with Crippen LogP contribution in [-0.2, 0) is 17.4 Å². The van der Waals surface area contributed by atoms with E-state index in [1.54, 1.807) is 0 Å². The molecule has 1 unspecified atom stereocenters. The third kappa shape index (κ3) is 5.94. The first-order chi connectivity index (χ1) is 13.5. The van der Waals surface area contributed by atoms with Gasteiger partial charge in [-0.1, -0.05) is 33.0 Å². The summed E-state index contributed by atoms with van der Waals surface area (Å²) >= 11 is 0. The van der Waals surface area contributed by atoms with Crippen LogP contribution in [0.3, 0.4) is 0 Å². The average molecular weight is 422 g/mol. The van der Waals surface area contributed by atoms with Gasteiger partial charge >= 0.3 is 5.66 Å². The van der Waals surface area contributed by atoms with E-state index in [1.807, 2.05) is 45.0 Å². The summed E-state index contributed by atoms with van der Waals surface area (Å²) in [5.74, 6) is -0.269. The molecule has 0 bridgehead atoms. The van der Waals surface area contributed by atoms with Crippen molar-refractivity contribution in [3.8, 4) is 0 Å². The fourth-order valence-corrected chi connectivity index (χ4v) is 2.77. The summed E-state index contributed by atoms with van der Waals surface area (Å²) in [5, 5.41) is 6.32. The summed E-state index contributed by atoms with van der Waals surface area (Å²) in [5.41, 5.74) is 0.0645. The molecule has 0 spiro atoms. The number of benzene rings is 1. The maximum atomic E-state index is 13.4. The summed E-state index contributed by atoms with van der Waals surface area (Å²) in [6.07, 6.45) is 0. The minimum atomic E-state index is -3.21. The van der Waals surface area contributed by atoms with Crippen LogP contribution in [0.2, 0.25) is 0 Å².